The van der Waals surface area contributed by atoms with Crippen molar-refractivity contribution in [2.24, 2.45) is 0 Å². The zero-order valence-corrected chi connectivity index (χ0v) is 13.0. The molecule has 3 heteroatoms. The van der Waals surface area contributed by atoms with Gasteiger partial charge in [0.25, 0.3) is 0 Å². The van der Waals surface area contributed by atoms with Gasteiger partial charge in [0.05, 0.1) is 20.3 Å². The van der Waals surface area contributed by atoms with E-state index >= 15 is 0 Å². The Kier molecular flexibility index (Phi) is 3.50. The number of rotatable bonds is 3. The molecule has 0 radical (unpaired) electrons. The van der Waals surface area contributed by atoms with Gasteiger partial charge in [-0.15, -0.1) is 0 Å². The number of anilines is 1. The SMILES string of the molecule is COc1ccc(C2Cc3cc(C)cc(C)c3N2)cc1OC. The van der Waals surface area contributed by atoms with Gasteiger partial charge in [-0.25, -0.2) is 0 Å². The first-order chi connectivity index (χ1) is 10.1. The molecule has 1 N–H and O–H groups in total. The van der Waals surface area contributed by atoms with Crippen LogP contribution in [0.15, 0.2) is 30.3 Å². The van der Waals surface area contributed by atoms with Gasteiger partial charge in [0.2, 0.25) is 0 Å². The average Bonchev–Trinajstić information content (AvgIpc) is 2.90. The summed E-state index contributed by atoms with van der Waals surface area (Å²) in [6, 6.07) is 10.9. The fourth-order valence-electron chi connectivity index (χ4n) is 3.14. The summed E-state index contributed by atoms with van der Waals surface area (Å²) in [6.45, 7) is 4.31. The molecule has 0 amide bonds. The summed E-state index contributed by atoms with van der Waals surface area (Å²) in [4.78, 5) is 0. The number of hydrogen-bond acceptors (Lipinski definition) is 3. The van der Waals surface area contributed by atoms with Crippen molar-refractivity contribution in [3.8, 4) is 11.5 Å². The van der Waals surface area contributed by atoms with E-state index in [1.807, 2.05) is 6.07 Å². The van der Waals surface area contributed by atoms with Gasteiger partial charge in [-0.2, -0.15) is 0 Å². The van der Waals surface area contributed by atoms with E-state index in [0.29, 0.717) is 6.04 Å². The monoisotopic (exact) mass is 283 g/mol. The third-order valence-electron chi connectivity index (χ3n) is 4.11. The third kappa shape index (κ3) is 2.44. The van der Waals surface area contributed by atoms with Crippen molar-refractivity contribution in [3.05, 3.63) is 52.6 Å². The largest absolute Gasteiger partial charge is 0.493 e. The van der Waals surface area contributed by atoms with Crippen molar-refractivity contribution in [1.29, 1.82) is 0 Å². The summed E-state index contributed by atoms with van der Waals surface area (Å²) in [7, 11) is 3.33. The van der Waals surface area contributed by atoms with Gasteiger partial charge in [0.1, 0.15) is 0 Å². The topological polar surface area (TPSA) is 30.5 Å². The summed E-state index contributed by atoms with van der Waals surface area (Å²) in [5.74, 6) is 1.55. The van der Waals surface area contributed by atoms with E-state index in [1.54, 1.807) is 14.2 Å². The number of nitrogens with one attached hydrogen (secondary N) is 1. The van der Waals surface area contributed by atoms with E-state index in [0.717, 1.165) is 17.9 Å². The van der Waals surface area contributed by atoms with Gasteiger partial charge in [0.15, 0.2) is 11.5 Å². The molecule has 2 aromatic carbocycles. The molecule has 1 aliphatic heterocycles. The van der Waals surface area contributed by atoms with Gasteiger partial charge in [-0.3, -0.25) is 0 Å². The van der Waals surface area contributed by atoms with Gasteiger partial charge in [-0.05, 0) is 49.1 Å². The van der Waals surface area contributed by atoms with Crippen molar-refractivity contribution in [2.75, 3.05) is 19.5 Å². The molecule has 1 aliphatic rings. The molecular formula is C18H21NO2. The molecule has 0 saturated heterocycles. The van der Waals surface area contributed by atoms with Gasteiger partial charge in [-0.1, -0.05) is 23.8 Å². The van der Waals surface area contributed by atoms with Crippen LogP contribution in [0.5, 0.6) is 11.5 Å². The highest BCUT2D eigenvalue weighted by molar-refractivity contribution is 5.64. The lowest BCUT2D eigenvalue weighted by Crippen LogP contribution is -2.06. The molecule has 0 aliphatic carbocycles. The molecule has 3 rings (SSSR count). The highest BCUT2D eigenvalue weighted by Gasteiger charge is 2.24. The zero-order valence-electron chi connectivity index (χ0n) is 13.0. The highest BCUT2D eigenvalue weighted by atomic mass is 16.5. The number of aryl methyl sites for hydroxylation is 2. The summed E-state index contributed by atoms with van der Waals surface area (Å²) in [5, 5.41) is 3.64. The molecule has 0 aromatic heterocycles. The molecule has 0 saturated carbocycles. The first-order valence-corrected chi connectivity index (χ1v) is 7.21. The quantitative estimate of drug-likeness (QED) is 0.922. The van der Waals surface area contributed by atoms with Crippen molar-refractivity contribution >= 4 is 5.69 Å². The molecule has 110 valence electrons. The smallest absolute Gasteiger partial charge is 0.161 e. The molecule has 0 spiro atoms. The minimum Gasteiger partial charge on any atom is -0.493 e. The number of fused-ring (bicyclic) bond motifs is 1. The fraction of sp³-hybridized carbons (Fsp3) is 0.333. The number of benzene rings is 2. The minimum absolute atomic E-state index is 0.292. The maximum Gasteiger partial charge on any atom is 0.161 e. The van der Waals surface area contributed by atoms with Crippen LogP contribution < -0.4 is 14.8 Å². The van der Waals surface area contributed by atoms with Crippen molar-refractivity contribution in [1.82, 2.24) is 0 Å². The minimum atomic E-state index is 0.292. The molecule has 21 heavy (non-hydrogen) atoms. The first kappa shape index (κ1) is 13.8. The number of hydrogen-bond donors (Lipinski definition) is 1. The van der Waals surface area contributed by atoms with E-state index in [4.69, 9.17) is 9.47 Å². The Morgan fingerprint density at radius 2 is 1.76 bits per heavy atom. The number of ether oxygens (including phenoxy) is 2. The van der Waals surface area contributed by atoms with E-state index in [2.05, 4.69) is 43.4 Å². The van der Waals surface area contributed by atoms with Crippen LogP contribution in [0.2, 0.25) is 0 Å². The van der Waals surface area contributed by atoms with Crippen LogP contribution in [0.25, 0.3) is 0 Å². The van der Waals surface area contributed by atoms with Crippen molar-refractivity contribution < 1.29 is 9.47 Å². The second-order valence-electron chi connectivity index (χ2n) is 5.63. The van der Waals surface area contributed by atoms with Gasteiger partial charge in [0, 0.05) is 5.69 Å². The lowest BCUT2D eigenvalue weighted by atomic mass is 10.0. The highest BCUT2D eigenvalue weighted by Crippen LogP contribution is 2.39. The molecule has 1 unspecified atom stereocenters. The van der Waals surface area contributed by atoms with Gasteiger partial charge >= 0.3 is 0 Å². The van der Waals surface area contributed by atoms with Crippen LogP contribution in [0.4, 0.5) is 5.69 Å². The Morgan fingerprint density at radius 1 is 1.00 bits per heavy atom. The molecule has 0 fully saturated rings. The Morgan fingerprint density at radius 3 is 2.48 bits per heavy atom. The summed E-state index contributed by atoms with van der Waals surface area (Å²) < 4.78 is 10.7. The van der Waals surface area contributed by atoms with Gasteiger partial charge < -0.3 is 14.8 Å². The van der Waals surface area contributed by atoms with Crippen LogP contribution in [0, 0.1) is 13.8 Å². The predicted molar refractivity (Wildman–Crippen MR) is 85.5 cm³/mol. The summed E-state index contributed by atoms with van der Waals surface area (Å²) in [5.41, 5.74) is 6.53. The molecule has 2 aromatic rings. The Balaban J connectivity index is 1.92. The molecule has 1 atom stereocenters. The van der Waals surface area contributed by atoms with E-state index in [-0.39, 0.29) is 0 Å². The standard InChI is InChI=1S/C18H21NO2/c1-11-7-12(2)18-14(8-11)9-15(19-18)13-5-6-16(20-3)17(10-13)21-4/h5-8,10,15,19H,9H2,1-4H3. The third-order valence-corrected chi connectivity index (χ3v) is 4.11. The van der Waals surface area contributed by atoms with E-state index < -0.39 is 0 Å². The van der Waals surface area contributed by atoms with Crippen LogP contribution in [0.3, 0.4) is 0 Å². The summed E-state index contributed by atoms with van der Waals surface area (Å²) in [6.07, 6.45) is 1.01. The van der Waals surface area contributed by atoms with E-state index in [9.17, 15) is 0 Å². The fourth-order valence-corrected chi connectivity index (χ4v) is 3.14. The summed E-state index contributed by atoms with van der Waals surface area (Å²) >= 11 is 0. The van der Waals surface area contributed by atoms with Crippen LogP contribution in [0.1, 0.15) is 28.3 Å². The second-order valence-corrected chi connectivity index (χ2v) is 5.63. The lowest BCUT2D eigenvalue weighted by Gasteiger charge is -2.15. The van der Waals surface area contributed by atoms with Crippen LogP contribution in [-0.4, -0.2) is 14.2 Å². The molecule has 3 nitrogen and oxygen atoms in total. The maximum atomic E-state index is 5.40. The lowest BCUT2D eigenvalue weighted by molar-refractivity contribution is 0.354. The van der Waals surface area contributed by atoms with Crippen LogP contribution >= 0.6 is 0 Å². The first-order valence-electron chi connectivity index (χ1n) is 7.21. The van der Waals surface area contributed by atoms with Crippen LogP contribution in [-0.2, 0) is 6.42 Å². The second kappa shape index (κ2) is 5.32. The Hall–Kier alpha value is -2.16. The number of methoxy groups -OCH3 is 2. The molecule has 1 heterocycles. The predicted octanol–water partition coefficient (Wildman–Crippen LogP) is 4.03. The Labute approximate surface area is 125 Å². The molecule has 0 bridgehead atoms. The average molecular weight is 283 g/mol. The normalized spacial score (nSPS) is 16.3. The molecular weight excluding hydrogens is 262 g/mol. The zero-order chi connectivity index (χ0) is 15.0. The van der Waals surface area contributed by atoms with Crippen molar-refractivity contribution in [3.63, 3.8) is 0 Å². The maximum absolute atomic E-state index is 5.40. The van der Waals surface area contributed by atoms with E-state index in [1.165, 1.54) is 27.9 Å². The van der Waals surface area contributed by atoms with Crippen molar-refractivity contribution in [2.45, 2.75) is 26.3 Å². The Bertz CT molecular complexity index is 679.